The average Bonchev–Trinajstić information content (AvgIpc) is 3.12. The van der Waals surface area contributed by atoms with E-state index in [0.29, 0.717) is 16.2 Å². The summed E-state index contributed by atoms with van der Waals surface area (Å²) >= 11 is 1.34. The van der Waals surface area contributed by atoms with Crippen LogP contribution < -0.4 is 10.9 Å². The fraction of sp³-hybridized carbons (Fsp3) is 0.100. The third-order valence-electron chi connectivity index (χ3n) is 4.14. The lowest BCUT2D eigenvalue weighted by Crippen LogP contribution is -2.25. The molecule has 0 aliphatic carbocycles. The van der Waals surface area contributed by atoms with Crippen LogP contribution >= 0.6 is 11.3 Å². The molecule has 4 aromatic rings. The predicted molar refractivity (Wildman–Crippen MR) is 105 cm³/mol. The van der Waals surface area contributed by atoms with Crippen molar-refractivity contribution in [3.05, 3.63) is 87.8 Å². The molecule has 0 aliphatic heterocycles. The molecule has 2 aromatic carbocycles. The van der Waals surface area contributed by atoms with E-state index < -0.39 is 0 Å². The third-order valence-corrected chi connectivity index (χ3v) is 5.10. The van der Waals surface area contributed by atoms with Crippen LogP contribution in [0.25, 0.3) is 15.5 Å². The van der Waals surface area contributed by atoms with Crippen LogP contribution in [0.2, 0.25) is 0 Å². The Balaban J connectivity index is 1.59. The van der Waals surface area contributed by atoms with Gasteiger partial charge in [-0.15, -0.1) is 0 Å². The Bertz CT molecular complexity index is 1180. The van der Waals surface area contributed by atoms with Crippen molar-refractivity contribution in [1.29, 1.82) is 0 Å². The molecule has 0 saturated heterocycles. The molecular formula is C20H16N4O2S. The van der Waals surface area contributed by atoms with Crippen LogP contribution in [0, 0.1) is 6.92 Å². The molecule has 4 rings (SSSR count). The van der Waals surface area contributed by atoms with Crippen LogP contribution in [0.5, 0.6) is 0 Å². The van der Waals surface area contributed by atoms with Gasteiger partial charge >= 0.3 is 0 Å². The van der Waals surface area contributed by atoms with Gasteiger partial charge in [0.25, 0.3) is 11.5 Å². The highest BCUT2D eigenvalue weighted by molar-refractivity contribution is 7.19. The topological polar surface area (TPSA) is 76.4 Å². The first-order chi connectivity index (χ1) is 13.1. The quantitative estimate of drug-likeness (QED) is 0.594. The van der Waals surface area contributed by atoms with Crippen LogP contribution in [0.1, 0.15) is 21.6 Å². The fourth-order valence-corrected chi connectivity index (χ4v) is 3.67. The monoisotopic (exact) mass is 376 g/mol. The lowest BCUT2D eigenvalue weighted by molar-refractivity contribution is 0.0950. The van der Waals surface area contributed by atoms with Gasteiger partial charge in [0.15, 0.2) is 0 Å². The molecule has 0 aliphatic rings. The smallest absolute Gasteiger partial charge is 0.275 e. The van der Waals surface area contributed by atoms with Crippen molar-refractivity contribution in [3.8, 4) is 10.6 Å². The Morgan fingerprint density at radius 1 is 1.11 bits per heavy atom. The maximum Gasteiger partial charge on any atom is 0.275 e. The van der Waals surface area contributed by atoms with Crippen molar-refractivity contribution in [1.82, 2.24) is 19.9 Å². The van der Waals surface area contributed by atoms with Gasteiger partial charge in [-0.05, 0) is 18.6 Å². The molecule has 0 fully saturated rings. The first-order valence-electron chi connectivity index (χ1n) is 8.41. The summed E-state index contributed by atoms with van der Waals surface area (Å²) in [6.07, 6.45) is 0. The molecule has 134 valence electrons. The van der Waals surface area contributed by atoms with E-state index in [1.54, 1.807) is 6.07 Å². The van der Waals surface area contributed by atoms with Gasteiger partial charge < -0.3 is 5.32 Å². The minimum atomic E-state index is -0.265. The molecule has 0 atom stereocenters. The molecule has 27 heavy (non-hydrogen) atoms. The van der Waals surface area contributed by atoms with Gasteiger partial charge in [0.2, 0.25) is 4.96 Å². The molecule has 6 nitrogen and oxygen atoms in total. The number of nitrogens with zero attached hydrogens (tertiary/aromatic N) is 3. The van der Waals surface area contributed by atoms with Gasteiger partial charge in [0, 0.05) is 17.2 Å². The summed E-state index contributed by atoms with van der Waals surface area (Å²) in [7, 11) is 0. The van der Waals surface area contributed by atoms with E-state index in [1.165, 1.54) is 21.9 Å². The molecule has 1 amide bonds. The average molecular weight is 376 g/mol. The Morgan fingerprint density at radius 3 is 2.63 bits per heavy atom. The molecular weight excluding hydrogens is 360 g/mol. The molecule has 0 radical (unpaired) electrons. The standard InChI is InChI=1S/C20H16N4O2S/c1-13-7-5-6-10-16(13)18(26)21-12-15-11-17(25)24-20(22-15)27-19(23-24)14-8-3-2-4-9-14/h2-11H,12H2,1H3,(H,21,26). The lowest BCUT2D eigenvalue weighted by Gasteiger charge is -2.07. The summed E-state index contributed by atoms with van der Waals surface area (Å²) in [5.41, 5.74) is 2.68. The summed E-state index contributed by atoms with van der Waals surface area (Å²) < 4.78 is 1.29. The molecule has 1 N–H and O–H groups in total. The second-order valence-electron chi connectivity index (χ2n) is 6.05. The minimum absolute atomic E-state index is 0.178. The van der Waals surface area contributed by atoms with E-state index in [4.69, 9.17) is 0 Å². The van der Waals surface area contributed by atoms with E-state index in [2.05, 4.69) is 15.4 Å². The zero-order chi connectivity index (χ0) is 18.8. The molecule has 2 aromatic heterocycles. The number of nitrogens with one attached hydrogen (secondary N) is 1. The summed E-state index contributed by atoms with van der Waals surface area (Å²) in [5, 5.41) is 7.90. The van der Waals surface area contributed by atoms with E-state index in [9.17, 15) is 9.59 Å². The van der Waals surface area contributed by atoms with E-state index in [0.717, 1.165) is 16.1 Å². The van der Waals surface area contributed by atoms with Gasteiger partial charge in [0.1, 0.15) is 5.01 Å². The Kier molecular flexibility index (Phi) is 4.52. The van der Waals surface area contributed by atoms with Crippen LogP contribution in [-0.4, -0.2) is 20.5 Å². The van der Waals surface area contributed by atoms with Gasteiger partial charge in [-0.1, -0.05) is 59.9 Å². The van der Waals surface area contributed by atoms with Crippen molar-refractivity contribution >= 4 is 22.2 Å². The molecule has 7 heteroatoms. The number of hydrogen-bond acceptors (Lipinski definition) is 5. The zero-order valence-electron chi connectivity index (χ0n) is 14.5. The zero-order valence-corrected chi connectivity index (χ0v) is 15.4. The summed E-state index contributed by atoms with van der Waals surface area (Å²) in [5.74, 6) is -0.190. The summed E-state index contributed by atoms with van der Waals surface area (Å²) in [4.78, 5) is 29.7. The second kappa shape index (κ2) is 7.13. The number of amides is 1. The highest BCUT2D eigenvalue weighted by Crippen LogP contribution is 2.23. The van der Waals surface area contributed by atoms with Crippen LogP contribution in [-0.2, 0) is 6.54 Å². The molecule has 0 saturated carbocycles. The highest BCUT2D eigenvalue weighted by atomic mass is 32.1. The number of fused-ring (bicyclic) bond motifs is 1. The maximum atomic E-state index is 12.4. The van der Waals surface area contributed by atoms with E-state index in [1.807, 2.05) is 55.5 Å². The maximum absolute atomic E-state index is 12.4. The number of aryl methyl sites for hydroxylation is 1. The fourth-order valence-electron chi connectivity index (χ4n) is 2.74. The lowest BCUT2D eigenvalue weighted by atomic mass is 10.1. The molecule has 0 spiro atoms. The SMILES string of the molecule is Cc1ccccc1C(=O)NCc1cc(=O)n2nc(-c3ccccc3)sc2n1. The van der Waals surface area contributed by atoms with Gasteiger partial charge in [0.05, 0.1) is 12.2 Å². The predicted octanol–water partition coefficient (Wildman–Crippen LogP) is 3.06. The van der Waals surface area contributed by atoms with Crippen LogP contribution in [0.3, 0.4) is 0 Å². The van der Waals surface area contributed by atoms with Crippen molar-refractivity contribution < 1.29 is 4.79 Å². The van der Waals surface area contributed by atoms with Crippen LogP contribution in [0.15, 0.2) is 65.5 Å². The molecule has 0 unspecified atom stereocenters. The number of carbonyl (C=O) groups excluding carboxylic acids is 1. The van der Waals surface area contributed by atoms with Crippen LogP contribution in [0.4, 0.5) is 0 Å². The normalized spacial score (nSPS) is 10.9. The first-order valence-corrected chi connectivity index (χ1v) is 9.22. The largest absolute Gasteiger partial charge is 0.346 e. The molecule has 2 heterocycles. The van der Waals surface area contributed by atoms with Crippen molar-refractivity contribution in [2.45, 2.75) is 13.5 Å². The van der Waals surface area contributed by atoms with Crippen molar-refractivity contribution in [2.75, 3.05) is 0 Å². The Hall–Kier alpha value is -3.32. The third kappa shape index (κ3) is 3.50. The Labute approximate surface area is 159 Å². The number of carbonyl (C=O) groups is 1. The number of hydrogen-bond donors (Lipinski definition) is 1. The first kappa shape index (κ1) is 17.1. The Morgan fingerprint density at radius 2 is 1.85 bits per heavy atom. The number of rotatable bonds is 4. The van der Waals surface area contributed by atoms with Gasteiger partial charge in [-0.2, -0.15) is 9.61 Å². The van der Waals surface area contributed by atoms with Gasteiger partial charge in [-0.25, -0.2) is 4.98 Å². The summed E-state index contributed by atoms with van der Waals surface area (Å²) in [6.45, 7) is 2.06. The van der Waals surface area contributed by atoms with Gasteiger partial charge in [-0.3, -0.25) is 9.59 Å². The minimum Gasteiger partial charge on any atom is -0.346 e. The second-order valence-corrected chi connectivity index (χ2v) is 7.01. The summed E-state index contributed by atoms with van der Waals surface area (Å²) in [6, 6.07) is 18.4. The number of benzene rings is 2. The number of aromatic nitrogens is 3. The highest BCUT2D eigenvalue weighted by Gasteiger charge is 2.12. The van der Waals surface area contributed by atoms with E-state index >= 15 is 0 Å². The molecule has 0 bridgehead atoms. The van der Waals surface area contributed by atoms with E-state index in [-0.39, 0.29) is 18.0 Å². The van der Waals surface area contributed by atoms with Crippen molar-refractivity contribution in [3.63, 3.8) is 0 Å². The van der Waals surface area contributed by atoms with Crippen molar-refractivity contribution in [2.24, 2.45) is 0 Å².